The highest BCUT2D eigenvalue weighted by molar-refractivity contribution is 7.09. The van der Waals surface area contributed by atoms with Gasteiger partial charge in [-0.15, -0.1) is 11.3 Å². The third-order valence-electron chi connectivity index (χ3n) is 5.20. The van der Waals surface area contributed by atoms with E-state index in [9.17, 15) is 9.59 Å². The van der Waals surface area contributed by atoms with Crippen molar-refractivity contribution in [1.29, 1.82) is 0 Å². The van der Waals surface area contributed by atoms with Crippen molar-refractivity contribution < 1.29 is 19.1 Å². The number of methoxy groups -OCH3 is 1. The third-order valence-corrected chi connectivity index (χ3v) is 6.13. The summed E-state index contributed by atoms with van der Waals surface area (Å²) in [5.74, 6) is 0.0569. The Kier molecular flexibility index (Phi) is 8.21. The van der Waals surface area contributed by atoms with Crippen molar-refractivity contribution in [3.05, 3.63) is 51.5 Å². The number of nitrogens with zero attached hydrogens (tertiary/aromatic N) is 2. The topological polar surface area (TPSA) is 80.8 Å². The number of carbonyl (C=O) groups excluding carboxylic acids is 2. The maximum Gasteiger partial charge on any atom is 0.409 e. The lowest BCUT2D eigenvalue weighted by Crippen LogP contribution is -2.39. The zero-order chi connectivity index (χ0) is 21.3. The molecule has 0 saturated carbocycles. The molecule has 0 atom stereocenters. The first-order valence-corrected chi connectivity index (χ1v) is 11.1. The van der Waals surface area contributed by atoms with E-state index in [-0.39, 0.29) is 24.5 Å². The molecule has 0 aliphatic carbocycles. The molecule has 1 saturated heterocycles. The number of hydrogen-bond donors (Lipinski definition) is 1. The highest BCUT2D eigenvalue weighted by Crippen LogP contribution is 2.29. The minimum absolute atomic E-state index is 0.0875. The van der Waals surface area contributed by atoms with Crippen molar-refractivity contribution in [2.24, 2.45) is 0 Å². The predicted octanol–water partition coefficient (Wildman–Crippen LogP) is 3.39. The van der Waals surface area contributed by atoms with Gasteiger partial charge >= 0.3 is 6.09 Å². The van der Waals surface area contributed by atoms with Crippen molar-refractivity contribution in [3.8, 4) is 0 Å². The minimum Gasteiger partial charge on any atom is -0.447 e. The van der Waals surface area contributed by atoms with Gasteiger partial charge in [0.05, 0.1) is 17.9 Å². The van der Waals surface area contributed by atoms with Gasteiger partial charge in [-0.25, -0.2) is 4.79 Å². The second-order valence-electron chi connectivity index (χ2n) is 7.34. The van der Waals surface area contributed by atoms with Gasteiger partial charge in [0.15, 0.2) is 0 Å². The maximum absolute atomic E-state index is 12.8. The Morgan fingerprint density at radius 1 is 1.23 bits per heavy atom. The summed E-state index contributed by atoms with van der Waals surface area (Å²) in [6.45, 7) is 4.35. The number of hydrogen-bond acceptors (Lipinski definition) is 6. The first kappa shape index (κ1) is 22.2. The van der Waals surface area contributed by atoms with Crippen LogP contribution in [-0.4, -0.2) is 61.8 Å². The summed E-state index contributed by atoms with van der Waals surface area (Å²) >= 11 is 1.69. The zero-order valence-electron chi connectivity index (χ0n) is 17.6. The monoisotopic (exact) mass is 431 g/mol. The number of thiophene rings is 1. The number of carbonyl (C=O) groups is 2. The molecule has 1 fully saturated rings. The van der Waals surface area contributed by atoms with Gasteiger partial charge < -0.3 is 19.7 Å². The van der Waals surface area contributed by atoms with E-state index in [0.29, 0.717) is 31.8 Å². The summed E-state index contributed by atoms with van der Waals surface area (Å²) < 4.78 is 10.1. The van der Waals surface area contributed by atoms with Gasteiger partial charge in [-0.2, -0.15) is 0 Å². The number of piperidine rings is 1. The lowest BCUT2D eigenvalue weighted by Gasteiger charge is -2.31. The Bertz CT molecular complexity index is 833. The molecular weight excluding hydrogens is 402 g/mol. The molecule has 3 rings (SSSR count). The fraction of sp³-hybridized carbons (Fsp3) is 0.500. The molecule has 7 nitrogen and oxygen atoms in total. The number of pyridine rings is 1. The van der Waals surface area contributed by atoms with Crippen LogP contribution in [0.4, 0.5) is 4.79 Å². The van der Waals surface area contributed by atoms with Crippen molar-refractivity contribution in [3.63, 3.8) is 0 Å². The molecule has 0 bridgehead atoms. The van der Waals surface area contributed by atoms with Crippen LogP contribution in [-0.2, 0) is 15.9 Å². The summed E-state index contributed by atoms with van der Waals surface area (Å²) in [7, 11) is 1.57. The predicted molar refractivity (Wildman–Crippen MR) is 116 cm³/mol. The molecule has 1 N–H and O–H groups in total. The zero-order valence-corrected chi connectivity index (χ0v) is 18.4. The van der Waals surface area contributed by atoms with Gasteiger partial charge in [-0.05, 0) is 49.8 Å². The van der Waals surface area contributed by atoms with E-state index >= 15 is 0 Å². The van der Waals surface area contributed by atoms with E-state index in [1.165, 1.54) is 4.88 Å². The SMILES string of the molecule is COCCOC(=O)N1CCC(c2nc(C)ccc2C(=O)NCCc2cccs2)CC1. The van der Waals surface area contributed by atoms with E-state index in [1.54, 1.807) is 23.3 Å². The average Bonchev–Trinajstić information content (AvgIpc) is 3.27. The summed E-state index contributed by atoms with van der Waals surface area (Å²) in [5, 5.41) is 5.06. The number of aromatic nitrogens is 1. The molecular formula is C22H29N3O4S. The lowest BCUT2D eigenvalue weighted by atomic mass is 9.90. The summed E-state index contributed by atoms with van der Waals surface area (Å²) in [6, 6.07) is 7.83. The number of likely N-dealkylation sites (tertiary alicyclic amines) is 1. The molecule has 0 aromatic carbocycles. The number of nitrogens with one attached hydrogen (secondary N) is 1. The van der Waals surface area contributed by atoms with Gasteiger partial charge in [0.25, 0.3) is 5.91 Å². The maximum atomic E-state index is 12.8. The summed E-state index contributed by atoms with van der Waals surface area (Å²) in [5.41, 5.74) is 2.35. The third kappa shape index (κ3) is 6.03. The molecule has 2 aromatic rings. The number of ether oxygens (including phenoxy) is 2. The fourth-order valence-corrected chi connectivity index (χ4v) is 4.28. The van der Waals surface area contributed by atoms with E-state index < -0.39 is 0 Å². The fourth-order valence-electron chi connectivity index (χ4n) is 3.57. The van der Waals surface area contributed by atoms with Crippen molar-refractivity contribution >= 4 is 23.3 Å². The second kappa shape index (κ2) is 11.1. The molecule has 0 spiro atoms. The molecule has 0 unspecified atom stereocenters. The Balaban J connectivity index is 1.58. The van der Waals surface area contributed by atoms with E-state index in [2.05, 4.69) is 11.4 Å². The first-order chi connectivity index (χ1) is 14.6. The van der Waals surface area contributed by atoms with Crippen molar-refractivity contribution in [1.82, 2.24) is 15.2 Å². The van der Waals surface area contributed by atoms with Crippen LogP contribution in [0.3, 0.4) is 0 Å². The van der Waals surface area contributed by atoms with Gasteiger partial charge in [-0.3, -0.25) is 9.78 Å². The summed E-state index contributed by atoms with van der Waals surface area (Å²) in [6.07, 6.45) is 2.02. The van der Waals surface area contributed by atoms with E-state index in [1.807, 2.05) is 30.5 Å². The molecule has 0 radical (unpaired) electrons. The highest BCUT2D eigenvalue weighted by Gasteiger charge is 2.28. The molecule has 30 heavy (non-hydrogen) atoms. The lowest BCUT2D eigenvalue weighted by molar-refractivity contribution is 0.0656. The van der Waals surface area contributed by atoms with E-state index in [4.69, 9.17) is 14.5 Å². The average molecular weight is 432 g/mol. The van der Waals surface area contributed by atoms with Gasteiger partial charge in [0.1, 0.15) is 6.61 Å². The van der Waals surface area contributed by atoms with Gasteiger partial charge in [0, 0.05) is 43.2 Å². The summed E-state index contributed by atoms with van der Waals surface area (Å²) in [4.78, 5) is 32.6. The number of amides is 2. The Labute approximate surface area is 181 Å². The van der Waals surface area contributed by atoms with Crippen LogP contribution >= 0.6 is 11.3 Å². The van der Waals surface area contributed by atoms with Crippen LogP contribution in [0.1, 0.15) is 45.4 Å². The van der Waals surface area contributed by atoms with Crippen LogP contribution in [0, 0.1) is 6.92 Å². The molecule has 8 heteroatoms. The smallest absolute Gasteiger partial charge is 0.409 e. The highest BCUT2D eigenvalue weighted by atomic mass is 32.1. The molecule has 3 heterocycles. The van der Waals surface area contributed by atoms with Crippen molar-refractivity contribution in [2.45, 2.75) is 32.1 Å². The van der Waals surface area contributed by atoms with Gasteiger partial charge in [0.2, 0.25) is 0 Å². The van der Waals surface area contributed by atoms with Crippen LogP contribution in [0.5, 0.6) is 0 Å². The van der Waals surface area contributed by atoms with Crippen LogP contribution in [0.15, 0.2) is 29.6 Å². The van der Waals surface area contributed by atoms with Crippen LogP contribution < -0.4 is 5.32 Å². The van der Waals surface area contributed by atoms with Crippen LogP contribution in [0.25, 0.3) is 0 Å². The first-order valence-electron chi connectivity index (χ1n) is 10.3. The standard InChI is InChI=1S/C22H29N3O4S/c1-16-5-6-19(21(26)23-10-7-18-4-3-15-30-18)20(24-16)17-8-11-25(12-9-17)22(27)29-14-13-28-2/h3-6,15,17H,7-14H2,1-2H3,(H,23,26). The minimum atomic E-state index is -0.311. The van der Waals surface area contributed by atoms with Crippen molar-refractivity contribution in [2.75, 3.05) is 40.0 Å². The Hall–Kier alpha value is -2.45. The largest absolute Gasteiger partial charge is 0.447 e. The molecule has 1 aliphatic rings. The number of aryl methyl sites for hydroxylation is 1. The Morgan fingerprint density at radius 2 is 2.03 bits per heavy atom. The molecule has 2 amide bonds. The Morgan fingerprint density at radius 3 is 2.73 bits per heavy atom. The van der Waals surface area contributed by atoms with Gasteiger partial charge in [-0.1, -0.05) is 6.07 Å². The molecule has 162 valence electrons. The quantitative estimate of drug-likeness (QED) is 0.648. The molecule has 2 aromatic heterocycles. The normalized spacial score (nSPS) is 14.5. The number of rotatable bonds is 8. The molecule has 1 aliphatic heterocycles. The second-order valence-corrected chi connectivity index (χ2v) is 8.37. The van der Waals surface area contributed by atoms with E-state index in [0.717, 1.165) is 30.7 Å². The van der Waals surface area contributed by atoms with Crippen LogP contribution in [0.2, 0.25) is 0 Å².